The van der Waals surface area contributed by atoms with E-state index >= 15 is 0 Å². The van der Waals surface area contributed by atoms with E-state index in [1.54, 1.807) is 0 Å². The number of hydrazine groups is 1. The monoisotopic (exact) mass is 108 g/mol. The van der Waals surface area contributed by atoms with Crippen LogP contribution in [0.4, 0.5) is 0 Å². The maximum Gasteiger partial charge on any atom is 0.144 e. The minimum atomic E-state index is 0.891. The standard InChI is InChI=1S/C5H6N3/c1-2-7-8-4-3-6-5(1)8/h1-3,7H,4H2. The fraction of sp³-hybridized carbons (Fsp3) is 0.200. The normalized spacial score (nSPS) is 23.0. The number of hydrogen-bond acceptors (Lipinski definition) is 3. The van der Waals surface area contributed by atoms with Gasteiger partial charge in [0.05, 0.1) is 13.1 Å². The van der Waals surface area contributed by atoms with Crippen molar-refractivity contribution in [3.8, 4) is 0 Å². The van der Waals surface area contributed by atoms with E-state index in [4.69, 9.17) is 0 Å². The van der Waals surface area contributed by atoms with E-state index in [-0.39, 0.29) is 0 Å². The third kappa shape index (κ3) is 0.358. The van der Waals surface area contributed by atoms with Crippen LogP contribution >= 0.6 is 0 Å². The van der Waals surface area contributed by atoms with E-state index in [2.05, 4.69) is 10.4 Å². The van der Waals surface area contributed by atoms with E-state index in [9.17, 15) is 0 Å². The number of fused-ring (bicyclic) bond motifs is 1. The van der Waals surface area contributed by atoms with Crippen LogP contribution in [-0.2, 0) is 0 Å². The minimum Gasteiger partial charge on any atom is -0.304 e. The second-order valence-electron chi connectivity index (χ2n) is 1.74. The molecule has 0 aromatic heterocycles. The Kier molecular flexibility index (Phi) is 0.614. The lowest BCUT2D eigenvalue weighted by Gasteiger charge is -2.10. The zero-order valence-corrected chi connectivity index (χ0v) is 4.33. The average molecular weight is 108 g/mol. The Bertz CT molecular complexity index is 159. The summed E-state index contributed by atoms with van der Waals surface area (Å²) < 4.78 is 0. The van der Waals surface area contributed by atoms with Crippen LogP contribution < -0.4 is 5.43 Å². The van der Waals surface area contributed by atoms with Gasteiger partial charge in [0, 0.05) is 6.20 Å². The van der Waals surface area contributed by atoms with Crippen molar-refractivity contribution in [3.05, 3.63) is 18.8 Å². The molecule has 3 heteroatoms. The first-order valence-corrected chi connectivity index (χ1v) is 2.56. The van der Waals surface area contributed by atoms with Crippen molar-refractivity contribution in [1.29, 1.82) is 0 Å². The van der Waals surface area contributed by atoms with Crippen LogP contribution in [0, 0.1) is 6.54 Å². The molecule has 0 saturated carbocycles. The number of amidine groups is 1. The molecule has 2 aliphatic heterocycles. The molecule has 0 atom stereocenters. The van der Waals surface area contributed by atoms with Crippen molar-refractivity contribution in [2.75, 3.05) is 6.54 Å². The lowest BCUT2D eigenvalue weighted by atomic mass is 10.6. The minimum absolute atomic E-state index is 0.891. The van der Waals surface area contributed by atoms with Crippen molar-refractivity contribution in [2.45, 2.75) is 0 Å². The fourth-order valence-electron chi connectivity index (χ4n) is 0.833. The van der Waals surface area contributed by atoms with Crippen molar-refractivity contribution in [1.82, 2.24) is 10.4 Å². The Morgan fingerprint density at radius 2 is 2.75 bits per heavy atom. The van der Waals surface area contributed by atoms with E-state index in [1.165, 1.54) is 0 Å². The maximum absolute atomic E-state index is 4.07. The van der Waals surface area contributed by atoms with Crippen molar-refractivity contribution < 1.29 is 0 Å². The summed E-state index contributed by atoms with van der Waals surface area (Å²) in [7, 11) is 0. The number of nitrogens with one attached hydrogen (secondary N) is 1. The summed E-state index contributed by atoms with van der Waals surface area (Å²) in [6.45, 7) is 2.77. The lowest BCUT2D eigenvalue weighted by Crippen LogP contribution is -2.30. The number of hydrogen-bond donors (Lipinski definition) is 1. The van der Waals surface area contributed by atoms with E-state index in [0.717, 1.165) is 12.4 Å². The highest BCUT2D eigenvalue weighted by atomic mass is 15.6. The van der Waals surface area contributed by atoms with Crippen LogP contribution in [0.3, 0.4) is 0 Å². The van der Waals surface area contributed by atoms with Crippen LogP contribution in [0.15, 0.2) is 17.3 Å². The third-order valence-electron chi connectivity index (χ3n) is 1.23. The van der Waals surface area contributed by atoms with Crippen LogP contribution in [0.5, 0.6) is 0 Å². The fourth-order valence-corrected chi connectivity index (χ4v) is 0.833. The molecule has 0 spiro atoms. The molecule has 0 saturated heterocycles. The first-order chi connectivity index (χ1) is 3.97. The van der Waals surface area contributed by atoms with Gasteiger partial charge in [0.15, 0.2) is 0 Å². The quantitative estimate of drug-likeness (QED) is 0.469. The highest BCUT2D eigenvalue weighted by molar-refractivity contribution is 5.95. The van der Waals surface area contributed by atoms with Gasteiger partial charge in [-0.15, -0.1) is 0 Å². The third-order valence-corrected chi connectivity index (χ3v) is 1.23. The van der Waals surface area contributed by atoms with Crippen molar-refractivity contribution >= 4 is 5.84 Å². The Labute approximate surface area is 47.7 Å². The first-order valence-electron chi connectivity index (χ1n) is 2.56. The lowest BCUT2D eigenvalue weighted by molar-refractivity contribution is 0.418. The molecular formula is C5H6N3. The molecule has 0 fully saturated rings. The molecular weight excluding hydrogens is 102 g/mol. The van der Waals surface area contributed by atoms with Gasteiger partial charge < -0.3 is 5.43 Å². The van der Waals surface area contributed by atoms with E-state index < -0.39 is 0 Å². The molecule has 1 radical (unpaired) electrons. The second kappa shape index (κ2) is 1.24. The molecule has 2 aliphatic rings. The summed E-state index contributed by atoms with van der Waals surface area (Å²) in [6, 6.07) is 0. The molecule has 0 aliphatic carbocycles. The smallest absolute Gasteiger partial charge is 0.144 e. The molecule has 2 rings (SSSR count). The summed E-state index contributed by atoms with van der Waals surface area (Å²) >= 11 is 0. The predicted molar refractivity (Wildman–Crippen MR) is 30.7 cm³/mol. The Morgan fingerprint density at radius 1 is 1.75 bits per heavy atom. The molecule has 1 N–H and O–H groups in total. The summed E-state index contributed by atoms with van der Waals surface area (Å²) in [4.78, 5) is 4.07. The molecule has 41 valence electrons. The van der Waals surface area contributed by atoms with Crippen LogP contribution in [0.25, 0.3) is 0 Å². The molecule has 8 heavy (non-hydrogen) atoms. The molecule has 0 aromatic rings. The topological polar surface area (TPSA) is 27.6 Å². The zero-order valence-electron chi connectivity index (χ0n) is 4.33. The van der Waals surface area contributed by atoms with Gasteiger partial charge in [-0.05, 0) is 6.08 Å². The number of nitrogens with zero attached hydrogens (tertiary/aromatic N) is 2. The van der Waals surface area contributed by atoms with Crippen molar-refractivity contribution in [3.63, 3.8) is 0 Å². The average Bonchev–Trinajstić information content (AvgIpc) is 2.15. The Balaban J connectivity index is 2.31. The molecule has 3 nitrogen and oxygen atoms in total. The summed E-state index contributed by atoms with van der Waals surface area (Å²) in [5.74, 6) is 1.02. The Morgan fingerprint density at radius 3 is 3.62 bits per heavy atom. The Hall–Kier alpha value is -0.990. The molecule has 0 unspecified atom stereocenters. The van der Waals surface area contributed by atoms with Gasteiger partial charge in [0.1, 0.15) is 5.84 Å². The van der Waals surface area contributed by atoms with E-state index in [1.807, 2.05) is 23.8 Å². The highest BCUT2D eigenvalue weighted by Gasteiger charge is 2.16. The van der Waals surface area contributed by atoms with E-state index in [0.29, 0.717) is 0 Å². The van der Waals surface area contributed by atoms with Crippen LogP contribution in [0.1, 0.15) is 0 Å². The van der Waals surface area contributed by atoms with Crippen LogP contribution in [-0.4, -0.2) is 17.4 Å². The molecule has 0 amide bonds. The zero-order chi connectivity index (χ0) is 5.40. The SMILES string of the molecule is [CH]1CN2NC=CC2=N1. The molecule has 2 heterocycles. The molecule has 0 aromatic carbocycles. The largest absolute Gasteiger partial charge is 0.304 e. The van der Waals surface area contributed by atoms with Crippen LogP contribution in [0.2, 0.25) is 0 Å². The van der Waals surface area contributed by atoms with Gasteiger partial charge in [-0.3, -0.25) is 10.0 Å². The second-order valence-corrected chi connectivity index (χ2v) is 1.74. The predicted octanol–water partition coefficient (Wildman–Crippen LogP) is -0.106. The molecule has 0 bridgehead atoms. The summed E-state index contributed by atoms with van der Waals surface area (Å²) in [6.07, 6.45) is 3.83. The van der Waals surface area contributed by atoms with Gasteiger partial charge >= 0.3 is 0 Å². The van der Waals surface area contributed by atoms with Gasteiger partial charge in [0.2, 0.25) is 0 Å². The summed E-state index contributed by atoms with van der Waals surface area (Å²) in [5.41, 5.74) is 3.01. The van der Waals surface area contributed by atoms with Gasteiger partial charge in [-0.25, -0.2) is 0 Å². The van der Waals surface area contributed by atoms with Gasteiger partial charge in [-0.2, -0.15) is 0 Å². The number of rotatable bonds is 0. The van der Waals surface area contributed by atoms with Gasteiger partial charge in [0.25, 0.3) is 0 Å². The highest BCUT2D eigenvalue weighted by Crippen LogP contribution is 2.06. The van der Waals surface area contributed by atoms with Crippen molar-refractivity contribution in [2.24, 2.45) is 4.99 Å². The first kappa shape index (κ1) is 3.95. The summed E-state index contributed by atoms with van der Waals surface area (Å²) in [5, 5.41) is 1.97. The number of aliphatic imine (C=N–C) groups is 1. The van der Waals surface area contributed by atoms with Gasteiger partial charge in [-0.1, -0.05) is 0 Å². The maximum atomic E-state index is 4.07.